The van der Waals surface area contributed by atoms with Gasteiger partial charge in [-0.15, -0.1) is 0 Å². The van der Waals surface area contributed by atoms with E-state index in [1.54, 1.807) is 5.56 Å². The van der Waals surface area contributed by atoms with Gasteiger partial charge in [0.1, 0.15) is 0 Å². The first-order valence-corrected chi connectivity index (χ1v) is 7.09. The molecule has 2 aromatic carbocycles. The van der Waals surface area contributed by atoms with Gasteiger partial charge in [0.05, 0.1) is 0 Å². The Morgan fingerprint density at radius 3 is 2.05 bits per heavy atom. The van der Waals surface area contributed by atoms with Crippen LogP contribution < -0.4 is 0 Å². The van der Waals surface area contributed by atoms with Gasteiger partial charge in [-0.25, -0.2) is 0 Å². The van der Waals surface area contributed by atoms with Crippen molar-refractivity contribution < 1.29 is 0 Å². The Balaban J connectivity index is 0.00000133. The van der Waals surface area contributed by atoms with Gasteiger partial charge in [-0.3, -0.25) is 0 Å². The highest BCUT2D eigenvalue weighted by Crippen LogP contribution is 2.37. The lowest BCUT2D eigenvalue weighted by molar-refractivity contribution is 0.444. The van der Waals surface area contributed by atoms with E-state index < -0.39 is 0 Å². The third-order valence-corrected chi connectivity index (χ3v) is 4.09. The lowest BCUT2D eigenvalue weighted by Crippen LogP contribution is -2.05. The molecule has 2 aromatic rings. The average molecular weight is 270 g/mol. The topological polar surface area (TPSA) is 0 Å². The van der Waals surface area contributed by atoms with Gasteiger partial charge in [-0.05, 0) is 35.4 Å². The van der Waals surface area contributed by atoms with Crippen LogP contribution in [0.1, 0.15) is 43.6 Å². The first kappa shape index (κ1) is 14.3. The molecule has 0 heterocycles. The predicted octanol–water partition coefficient (Wildman–Crippen LogP) is 5.46. The Labute approximate surface area is 119 Å². The van der Waals surface area contributed by atoms with Crippen LogP contribution in [-0.4, -0.2) is 0 Å². The molecule has 1 aliphatic carbocycles. The maximum Gasteiger partial charge on any atom is -0.0149 e. The Hall–Kier alpha value is -1.13. The second-order valence-corrected chi connectivity index (χ2v) is 5.29. The molecule has 0 nitrogen and oxygen atoms in total. The number of benzene rings is 2. The van der Waals surface area contributed by atoms with Crippen molar-refractivity contribution in [1.29, 1.82) is 0 Å². The molecule has 1 saturated carbocycles. The maximum atomic E-state index is 2.33. The molecule has 100 valence electrons. The van der Waals surface area contributed by atoms with E-state index in [2.05, 4.69) is 54.6 Å². The van der Waals surface area contributed by atoms with Crippen LogP contribution in [0.5, 0.6) is 0 Å². The first-order chi connectivity index (χ1) is 8.95. The Morgan fingerprint density at radius 2 is 1.32 bits per heavy atom. The van der Waals surface area contributed by atoms with Crippen molar-refractivity contribution in [2.45, 2.75) is 38.0 Å². The van der Waals surface area contributed by atoms with Gasteiger partial charge in [0, 0.05) is 0 Å². The molecule has 0 aliphatic heterocycles. The van der Waals surface area contributed by atoms with Crippen molar-refractivity contribution in [3.8, 4) is 11.1 Å². The van der Waals surface area contributed by atoms with Gasteiger partial charge < -0.3 is 0 Å². The molecular weight excluding hydrogens is 247 g/mol. The zero-order valence-corrected chi connectivity index (χ0v) is 12.9. The Morgan fingerprint density at radius 1 is 0.684 bits per heavy atom. The van der Waals surface area contributed by atoms with Gasteiger partial charge in [-0.2, -0.15) is 9.90 Å². The monoisotopic (exact) mass is 270 g/mol. The molecule has 0 radical (unpaired) electrons. The minimum Gasteiger partial charge on any atom is -0.153 e. The van der Waals surface area contributed by atoms with Gasteiger partial charge in [0.2, 0.25) is 0 Å². The van der Waals surface area contributed by atoms with Crippen LogP contribution in [-0.2, 0) is 0 Å². The quantitative estimate of drug-likeness (QED) is 0.636. The van der Waals surface area contributed by atoms with Crippen molar-refractivity contribution >= 4 is 9.90 Å². The molecule has 1 heteroatoms. The summed E-state index contributed by atoms with van der Waals surface area (Å²) in [6.07, 6.45) is 6.94. The highest BCUT2D eigenvalue weighted by molar-refractivity contribution is 6.92. The first-order valence-electron chi connectivity index (χ1n) is 7.09. The molecule has 0 N–H and O–H groups in total. The summed E-state index contributed by atoms with van der Waals surface area (Å²) in [4.78, 5) is 0. The summed E-state index contributed by atoms with van der Waals surface area (Å²) in [6, 6.07) is 19.8. The molecule has 3 rings (SSSR count). The minimum absolute atomic E-state index is 0. The minimum atomic E-state index is 0. The van der Waals surface area contributed by atoms with E-state index in [0.717, 1.165) is 5.92 Å². The van der Waals surface area contributed by atoms with Crippen LogP contribution in [0.25, 0.3) is 11.1 Å². The van der Waals surface area contributed by atoms with Crippen molar-refractivity contribution in [1.82, 2.24) is 0 Å². The van der Waals surface area contributed by atoms with Crippen LogP contribution in [0.15, 0.2) is 54.6 Å². The number of hydrogen-bond donors (Lipinski definition) is 0. The standard InChI is InChI=1S/C18H20.H3P/c1-3-9-15(10-4-1)17-13-7-8-14-18(17)16-11-5-2-6-12-16;/h1,3-4,7-10,13-14,16H,2,5-6,11-12H2;1H3. The van der Waals surface area contributed by atoms with Gasteiger partial charge in [0.25, 0.3) is 0 Å². The zero-order chi connectivity index (χ0) is 12.2. The molecule has 1 atom stereocenters. The predicted molar refractivity (Wildman–Crippen MR) is 88.8 cm³/mol. The summed E-state index contributed by atoms with van der Waals surface area (Å²) in [6.45, 7) is 0. The van der Waals surface area contributed by atoms with Crippen molar-refractivity contribution in [2.75, 3.05) is 0 Å². The normalized spacial score (nSPS) is 15.8. The fourth-order valence-corrected chi connectivity index (χ4v) is 3.15. The van der Waals surface area contributed by atoms with E-state index in [-0.39, 0.29) is 9.90 Å². The molecule has 1 fully saturated rings. The third kappa shape index (κ3) is 3.25. The third-order valence-electron chi connectivity index (χ3n) is 4.09. The summed E-state index contributed by atoms with van der Waals surface area (Å²) >= 11 is 0. The number of rotatable bonds is 2. The van der Waals surface area contributed by atoms with Gasteiger partial charge in [0.15, 0.2) is 0 Å². The fourth-order valence-electron chi connectivity index (χ4n) is 3.15. The van der Waals surface area contributed by atoms with E-state index in [0.29, 0.717) is 0 Å². The van der Waals surface area contributed by atoms with Crippen molar-refractivity contribution in [3.05, 3.63) is 60.2 Å². The van der Waals surface area contributed by atoms with Gasteiger partial charge in [-0.1, -0.05) is 73.9 Å². The fraction of sp³-hybridized carbons (Fsp3) is 0.333. The van der Waals surface area contributed by atoms with Crippen molar-refractivity contribution in [2.24, 2.45) is 0 Å². The second-order valence-electron chi connectivity index (χ2n) is 5.29. The smallest absolute Gasteiger partial charge is 0.0149 e. The second kappa shape index (κ2) is 6.87. The average Bonchev–Trinajstić information content (AvgIpc) is 2.49. The molecule has 0 aromatic heterocycles. The van der Waals surface area contributed by atoms with E-state index >= 15 is 0 Å². The van der Waals surface area contributed by atoms with Crippen LogP contribution in [0.4, 0.5) is 0 Å². The van der Waals surface area contributed by atoms with Crippen LogP contribution in [0.3, 0.4) is 0 Å². The molecule has 0 saturated heterocycles. The molecule has 0 spiro atoms. The number of hydrogen-bond acceptors (Lipinski definition) is 0. The Kier molecular flexibility index (Phi) is 5.16. The summed E-state index contributed by atoms with van der Waals surface area (Å²) in [7, 11) is 0. The summed E-state index contributed by atoms with van der Waals surface area (Å²) < 4.78 is 0. The van der Waals surface area contributed by atoms with E-state index in [9.17, 15) is 0 Å². The summed E-state index contributed by atoms with van der Waals surface area (Å²) in [5.74, 6) is 0.773. The molecule has 1 unspecified atom stereocenters. The lowest BCUT2D eigenvalue weighted by atomic mass is 9.81. The van der Waals surface area contributed by atoms with Crippen LogP contribution in [0, 0.1) is 0 Å². The molecule has 19 heavy (non-hydrogen) atoms. The highest BCUT2D eigenvalue weighted by atomic mass is 31.0. The molecule has 0 bridgehead atoms. The highest BCUT2D eigenvalue weighted by Gasteiger charge is 2.18. The zero-order valence-electron chi connectivity index (χ0n) is 11.5. The summed E-state index contributed by atoms with van der Waals surface area (Å²) in [5.41, 5.74) is 4.35. The van der Waals surface area contributed by atoms with E-state index in [4.69, 9.17) is 0 Å². The largest absolute Gasteiger partial charge is 0.153 e. The summed E-state index contributed by atoms with van der Waals surface area (Å²) in [5, 5.41) is 0. The SMILES string of the molecule is P.c1ccc(-c2ccccc2C2CCCCC2)cc1. The lowest BCUT2D eigenvalue weighted by Gasteiger charge is -2.24. The molecular formula is C18H23P. The van der Waals surface area contributed by atoms with Gasteiger partial charge >= 0.3 is 0 Å². The van der Waals surface area contributed by atoms with E-state index in [1.807, 2.05) is 0 Å². The van der Waals surface area contributed by atoms with Crippen LogP contribution in [0.2, 0.25) is 0 Å². The Bertz CT molecular complexity index is 498. The maximum absolute atomic E-state index is 2.33. The molecule has 0 amide bonds. The van der Waals surface area contributed by atoms with E-state index in [1.165, 1.54) is 43.2 Å². The van der Waals surface area contributed by atoms with Crippen LogP contribution >= 0.6 is 9.90 Å². The van der Waals surface area contributed by atoms with Crippen molar-refractivity contribution in [3.63, 3.8) is 0 Å². The molecule has 1 aliphatic rings.